The molecule has 0 aliphatic heterocycles. The van der Waals surface area contributed by atoms with E-state index in [0.29, 0.717) is 29.9 Å². The summed E-state index contributed by atoms with van der Waals surface area (Å²) in [5.41, 5.74) is 6.46. The number of anilines is 2. The van der Waals surface area contributed by atoms with Crippen LogP contribution in [0.4, 0.5) is 11.9 Å². The number of aromatic nitrogens is 4. The van der Waals surface area contributed by atoms with Crippen LogP contribution in [0.3, 0.4) is 0 Å². The van der Waals surface area contributed by atoms with Crippen molar-refractivity contribution in [2.45, 2.75) is 49.6 Å². The van der Waals surface area contributed by atoms with Crippen LogP contribution in [0.15, 0.2) is 23.4 Å². The van der Waals surface area contributed by atoms with Gasteiger partial charge in [-0.15, -0.1) is 11.8 Å². The maximum absolute atomic E-state index is 12.7. The number of nitrogens with two attached hydrogens (primary N) is 1. The number of thioether (sulfide) groups is 1. The van der Waals surface area contributed by atoms with Gasteiger partial charge in [0.2, 0.25) is 11.9 Å². The Kier molecular flexibility index (Phi) is 5.61. The Morgan fingerprint density at radius 1 is 1.29 bits per heavy atom. The fraction of sp³-hybridized carbons (Fsp3) is 0.526. The summed E-state index contributed by atoms with van der Waals surface area (Å²) in [6.45, 7) is 2.63. The summed E-state index contributed by atoms with van der Waals surface area (Å²) in [6.07, 6.45) is 6.13. The lowest BCUT2D eigenvalue weighted by atomic mass is 10.1. The standard InChI is InChI=1S/C19H25N7OS/c1-2-28-15-9-13(7-8-21-15)17(27)23-14(11-3-4-11)10-22-19-25-16(12-5-6-12)24-18(20)26-19/h7-9,11-12,14H,2-6,10H2,1H3,(H,23,27)(H3,20,22,24,25,26). The second-order valence-corrected chi connectivity index (χ2v) is 8.55. The number of nitrogen functional groups attached to an aromatic ring is 1. The predicted molar refractivity (Wildman–Crippen MR) is 109 cm³/mol. The second-order valence-electron chi connectivity index (χ2n) is 7.26. The van der Waals surface area contributed by atoms with Crippen molar-refractivity contribution in [3.05, 3.63) is 29.7 Å². The Morgan fingerprint density at radius 2 is 2.11 bits per heavy atom. The zero-order valence-electron chi connectivity index (χ0n) is 15.9. The zero-order chi connectivity index (χ0) is 19.5. The first kappa shape index (κ1) is 18.9. The molecule has 8 nitrogen and oxygen atoms in total. The molecule has 2 aromatic rings. The van der Waals surface area contributed by atoms with E-state index in [1.165, 1.54) is 0 Å². The molecule has 2 aliphatic rings. The molecule has 2 fully saturated rings. The van der Waals surface area contributed by atoms with Crippen molar-refractivity contribution in [1.29, 1.82) is 0 Å². The molecule has 0 saturated heterocycles. The topological polar surface area (TPSA) is 119 Å². The lowest BCUT2D eigenvalue weighted by Gasteiger charge is -2.19. The Morgan fingerprint density at radius 3 is 2.82 bits per heavy atom. The first-order chi connectivity index (χ1) is 13.6. The monoisotopic (exact) mass is 399 g/mol. The molecule has 2 saturated carbocycles. The lowest BCUT2D eigenvalue weighted by molar-refractivity contribution is 0.0934. The predicted octanol–water partition coefficient (Wildman–Crippen LogP) is 2.46. The summed E-state index contributed by atoms with van der Waals surface area (Å²) in [7, 11) is 0. The molecule has 1 atom stereocenters. The van der Waals surface area contributed by atoms with E-state index >= 15 is 0 Å². The number of pyridine rings is 1. The largest absolute Gasteiger partial charge is 0.368 e. The van der Waals surface area contributed by atoms with Crippen molar-refractivity contribution in [2.24, 2.45) is 5.92 Å². The highest BCUT2D eigenvalue weighted by Gasteiger charge is 2.33. The molecule has 0 radical (unpaired) electrons. The smallest absolute Gasteiger partial charge is 0.251 e. The maximum atomic E-state index is 12.7. The van der Waals surface area contributed by atoms with Gasteiger partial charge in [0.05, 0.1) is 5.03 Å². The Hall–Kier alpha value is -2.42. The quantitative estimate of drug-likeness (QED) is 0.550. The first-order valence-electron chi connectivity index (χ1n) is 9.77. The van der Waals surface area contributed by atoms with E-state index in [1.54, 1.807) is 24.0 Å². The summed E-state index contributed by atoms with van der Waals surface area (Å²) in [6, 6.07) is 3.61. The Labute approximate surface area is 168 Å². The van der Waals surface area contributed by atoms with Gasteiger partial charge in [-0.3, -0.25) is 4.79 Å². The molecular weight excluding hydrogens is 374 g/mol. The molecule has 4 rings (SSSR count). The van der Waals surface area contributed by atoms with E-state index in [1.807, 2.05) is 6.07 Å². The van der Waals surface area contributed by atoms with Gasteiger partial charge in [-0.05, 0) is 49.5 Å². The summed E-state index contributed by atoms with van der Waals surface area (Å²) in [5, 5.41) is 7.27. The minimum Gasteiger partial charge on any atom is -0.368 e. The van der Waals surface area contributed by atoms with Gasteiger partial charge in [-0.1, -0.05) is 6.92 Å². The molecule has 4 N–H and O–H groups in total. The number of nitrogens with one attached hydrogen (secondary N) is 2. The van der Waals surface area contributed by atoms with Crippen LogP contribution in [-0.2, 0) is 0 Å². The van der Waals surface area contributed by atoms with E-state index in [4.69, 9.17) is 5.73 Å². The highest BCUT2D eigenvalue weighted by Crippen LogP contribution is 2.38. The molecule has 28 heavy (non-hydrogen) atoms. The number of hydrogen-bond acceptors (Lipinski definition) is 8. The average Bonchev–Trinajstić information content (AvgIpc) is 3.57. The molecule has 1 amide bonds. The summed E-state index contributed by atoms with van der Waals surface area (Å²) >= 11 is 1.62. The van der Waals surface area contributed by atoms with Crippen LogP contribution in [0, 0.1) is 5.92 Å². The van der Waals surface area contributed by atoms with E-state index in [2.05, 4.69) is 37.5 Å². The summed E-state index contributed by atoms with van der Waals surface area (Å²) in [4.78, 5) is 29.9. The maximum Gasteiger partial charge on any atom is 0.251 e. The number of rotatable bonds is 9. The first-order valence-corrected chi connectivity index (χ1v) is 10.8. The number of nitrogens with zero attached hydrogens (tertiary/aromatic N) is 4. The van der Waals surface area contributed by atoms with E-state index in [-0.39, 0.29) is 17.9 Å². The molecule has 2 aliphatic carbocycles. The SMILES string of the molecule is CCSc1cc(C(=O)NC(CNc2nc(N)nc(C3CC3)n2)C2CC2)ccn1. The van der Waals surface area contributed by atoms with E-state index in [9.17, 15) is 4.79 Å². The van der Waals surface area contributed by atoms with Crippen LogP contribution in [0.1, 0.15) is 54.7 Å². The number of carbonyl (C=O) groups excluding carboxylic acids is 1. The Bertz CT molecular complexity index is 854. The van der Waals surface area contributed by atoms with Crippen molar-refractivity contribution in [2.75, 3.05) is 23.3 Å². The minimum absolute atomic E-state index is 0.0188. The van der Waals surface area contributed by atoms with E-state index < -0.39 is 0 Å². The molecule has 1 unspecified atom stereocenters. The normalized spacial score (nSPS) is 17.2. The van der Waals surface area contributed by atoms with Crippen molar-refractivity contribution in [3.8, 4) is 0 Å². The van der Waals surface area contributed by atoms with Gasteiger partial charge in [0.25, 0.3) is 5.91 Å². The van der Waals surface area contributed by atoms with E-state index in [0.717, 1.165) is 42.3 Å². The van der Waals surface area contributed by atoms with Crippen molar-refractivity contribution < 1.29 is 4.79 Å². The van der Waals surface area contributed by atoms with Crippen LogP contribution >= 0.6 is 11.8 Å². The van der Waals surface area contributed by atoms with Crippen molar-refractivity contribution >= 4 is 29.6 Å². The zero-order valence-corrected chi connectivity index (χ0v) is 16.7. The summed E-state index contributed by atoms with van der Waals surface area (Å²) in [5.74, 6) is 3.22. The van der Waals surface area contributed by atoms with Crippen LogP contribution in [0.25, 0.3) is 0 Å². The Balaban J connectivity index is 1.39. The summed E-state index contributed by atoms with van der Waals surface area (Å²) < 4.78 is 0. The van der Waals surface area contributed by atoms with Crippen LogP contribution in [-0.4, -0.2) is 44.2 Å². The van der Waals surface area contributed by atoms with Crippen LogP contribution < -0.4 is 16.4 Å². The fourth-order valence-electron chi connectivity index (χ4n) is 3.08. The van der Waals surface area contributed by atoms with Gasteiger partial charge in [-0.25, -0.2) is 4.98 Å². The molecule has 0 spiro atoms. The molecule has 2 heterocycles. The minimum atomic E-state index is -0.0760. The molecule has 9 heteroatoms. The lowest BCUT2D eigenvalue weighted by Crippen LogP contribution is -2.41. The molecule has 0 bridgehead atoms. The van der Waals surface area contributed by atoms with Gasteiger partial charge in [-0.2, -0.15) is 15.0 Å². The van der Waals surface area contributed by atoms with Gasteiger partial charge in [0.1, 0.15) is 5.82 Å². The number of carbonyl (C=O) groups is 1. The second kappa shape index (κ2) is 8.30. The van der Waals surface area contributed by atoms with Gasteiger partial charge in [0, 0.05) is 30.3 Å². The van der Waals surface area contributed by atoms with Crippen molar-refractivity contribution in [1.82, 2.24) is 25.3 Å². The highest BCUT2D eigenvalue weighted by molar-refractivity contribution is 7.99. The number of hydrogen-bond donors (Lipinski definition) is 3. The third-order valence-electron chi connectivity index (χ3n) is 4.89. The molecule has 148 valence electrons. The van der Waals surface area contributed by atoms with Gasteiger partial charge >= 0.3 is 0 Å². The van der Waals surface area contributed by atoms with Crippen LogP contribution in [0.2, 0.25) is 0 Å². The number of amides is 1. The third kappa shape index (κ3) is 4.89. The van der Waals surface area contributed by atoms with Crippen molar-refractivity contribution in [3.63, 3.8) is 0 Å². The van der Waals surface area contributed by atoms with Gasteiger partial charge < -0.3 is 16.4 Å². The van der Waals surface area contributed by atoms with Crippen LogP contribution in [0.5, 0.6) is 0 Å². The molecule has 0 aromatic carbocycles. The third-order valence-corrected chi connectivity index (χ3v) is 5.70. The average molecular weight is 400 g/mol. The molecular formula is C19H25N7OS. The highest BCUT2D eigenvalue weighted by atomic mass is 32.2. The fourth-order valence-corrected chi connectivity index (χ4v) is 3.72. The van der Waals surface area contributed by atoms with Gasteiger partial charge in [0.15, 0.2) is 0 Å². The molecule has 2 aromatic heterocycles.